The third-order valence-corrected chi connectivity index (χ3v) is 3.75. The molecule has 0 radical (unpaired) electrons. The number of carbonyl (C=O) groups is 2. The quantitative estimate of drug-likeness (QED) is 0.637. The van der Waals surface area contributed by atoms with Crippen molar-refractivity contribution in [3.63, 3.8) is 0 Å². The Morgan fingerprint density at radius 3 is 2.57 bits per heavy atom. The fourth-order valence-electron chi connectivity index (χ4n) is 2.58. The van der Waals surface area contributed by atoms with Crippen LogP contribution in [0.4, 0.5) is 13.2 Å². The van der Waals surface area contributed by atoms with E-state index in [1.807, 2.05) is 0 Å². The summed E-state index contributed by atoms with van der Waals surface area (Å²) < 4.78 is 39.3. The van der Waals surface area contributed by atoms with E-state index in [2.05, 4.69) is 16.0 Å². The van der Waals surface area contributed by atoms with Gasteiger partial charge in [0, 0.05) is 39.1 Å². The van der Waals surface area contributed by atoms with Crippen LogP contribution >= 0.6 is 0 Å². The van der Waals surface area contributed by atoms with E-state index in [1.165, 1.54) is 4.90 Å². The minimum absolute atomic E-state index is 0.235. The predicted octanol–water partition coefficient (Wildman–Crippen LogP) is -0.783. The molecular formula is C12H19F3N4O2. The van der Waals surface area contributed by atoms with Gasteiger partial charge < -0.3 is 16.0 Å². The van der Waals surface area contributed by atoms with Crippen LogP contribution < -0.4 is 16.0 Å². The Kier molecular flexibility index (Phi) is 5.04. The van der Waals surface area contributed by atoms with E-state index >= 15 is 0 Å². The van der Waals surface area contributed by atoms with Crippen molar-refractivity contribution < 1.29 is 22.8 Å². The first-order chi connectivity index (χ1) is 9.88. The van der Waals surface area contributed by atoms with Crippen molar-refractivity contribution in [2.24, 2.45) is 0 Å². The molecule has 0 aromatic heterocycles. The first kappa shape index (κ1) is 16.0. The molecule has 0 aliphatic carbocycles. The average Bonchev–Trinajstić information content (AvgIpc) is 2.85. The lowest BCUT2D eigenvalue weighted by Crippen LogP contribution is -2.58. The number of piperazine rings is 1. The van der Waals surface area contributed by atoms with Gasteiger partial charge in [0.2, 0.25) is 11.8 Å². The molecule has 6 nitrogen and oxygen atoms in total. The summed E-state index contributed by atoms with van der Waals surface area (Å²) in [7, 11) is 0. The molecule has 2 saturated heterocycles. The molecule has 0 bridgehead atoms. The number of hydrogen-bond acceptors (Lipinski definition) is 4. The van der Waals surface area contributed by atoms with E-state index in [4.69, 9.17) is 0 Å². The summed E-state index contributed by atoms with van der Waals surface area (Å²) in [5.41, 5.74) is 0. The summed E-state index contributed by atoms with van der Waals surface area (Å²) in [6.07, 6.45) is -3.84. The molecule has 120 valence electrons. The molecule has 9 heteroatoms. The van der Waals surface area contributed by atoms with Gasteiger partial charge >= 0.3 is 6.18 Å². The van der Waals surface area contributed by atoms with Gasteiger partial charge in [0.05, 0.1) is 0 Å². The lowest BCUT2D eigenvalue weighted by Gasteiger charge is -2.36. The van der Waals surface area contributed by atoms with E-state index in [9.17, 15) is 22.8 Å². The van der Waals surface area contributed by atoms with Crippen LogP contribution in [0.15, 0.2) is 0 Å². The molecule has 1 unspecified atom stereocenters. The summed E-state index contributed by atoms with van der Waals surface area (Å²) >= 11 is 0. The Hall–Kier alpha value is -1.35. The SMILES string of the molecule is O=C1CC[C@@H](C(=O)NCC(N2CCNCC2)C(F)(F)F)N1. The Bertz CT molecular complexity index is 396. The molecule has 2 atom stereocenters. The van der Waals surface area contributed by atoms with Crippen LogP contribution in [0, 0.1) is 0 Å². The summed E-state index contributed by atoms with van der Waals surface area (Å²) in [5.74, 6) is -0.796. The zero-order chi connectivity index (χ0) is 15.5. The smallest absolute Gasteiger partial charge is 0.352 e. The van der Waals surface area contributed by atoms with Gasteiger partial charge in [-0.3, -0.25) is 14.5 Å². The monoisotopic (exact) mass is 308 g/mol. The highest BCUT2D eigenvalue weighted by atomic mass is 19.4. The van der Waals surface area contributed by atoms with E-state index in [0.29, 0.717) is 32.6 Å². The summed E-state index contributed by atoms with van der Waals surface area (Å²) in [5, 5.41) is 7.74. The first-order valence-electron chi connectivity index (χ1n) is 6.96. The highest BCUT2D eigenvalue weighted by Crippen LogP contribution is 2.24. The van der Waals surface area contributed by atoms with Crippen LogP contribution in [0.2, 0.25) is 0 Å². The van der Waals surface area contributed by atoms with Crippen molar-refractivity contribution in [1.82, 2.24) is 20.9 Å². The maximum Gasteiger partial charge on any atom is 0.405 e. The lowest BCUT2D eigenvalue weighted by atomic mass is 10.1. The van der Waals surface area contributed by atoms with Crippen LogP contribution in [-0.2, 0) is 9.59 Å². The fourth-order valence-corrected chi connectivity index (χ4v) is 2.58. The third kappa shape index (κ3) is 4.31. The number of hydrogen-bond donors (Lipinski definition) is 3. The van der Waals surface area contributed by atoms with Crippen LogP contribution in [0.1, 0.15) is 12.8 Å². The van der Waals surface area contributed by atoms with Crippen molar-refractivity contribution in [2.45, 2.75) is 31.1 Å². The van der Waals surface area contributed by atoms with E-state index in [-0.39, 0.29) is 12.3 Å². The summed E-state index contributed by atoms with van der Waals surface area (Å²) in [6, 6.07) is -2.41. The van der Waals surface area contributed by atoms with Crippen molar-refractivity contribution in [1.29, 1.82) is 0 Å². The van der Waals surface area contributed by atoms with Crippen LogP contribution in [0.25, 0.3) is 0 Å². The maximum atomic E-state index is 13.1. The Labute approximate surface area is 120 Å². The number of nitrogens with one attached hydrogen (secondary N) is 3. The molecule has 2 heterocycles. The standard InChI is InChI=1S/C12H19F3N4O2/c13-12(14,15)9(19-5-3-16-4-6-19)7-17-11(21)8-1-2-10(20)18-8/h8-9,16H,1-7H2,(H,17,21)(H,18,20)/t8-,9?/m0/s1. The van der Waals surface area contributed by atoms with Gasteiger partial charge in [0.15, 0.2) is 0 Å². The molecule has 3 N–H and O–H groups in total. The number of halogens is 3. The molecule has 2 amide bonds. The number of nitrogens with zero attached hydrogens (tertiary/aromatic N) is 1. The molecule has 2 fully saturated rings. The topological polar surface area (TPSA) is 73.5 Å². The molecule has 0 saturated carbocycles. The molecule has 2 aliphatic heterocycles. The van der Waals surface area contributed by atoms with Crippen LogP contribution in [0.3, 0.4) is 0 Å². The van der Waals surface area contributed by atoms with E-state index < -0.39 is 30.7 Å². The second-order valence-corrected chi connectivity index (χ2v) is 5.25. The molecular weight excluding hydrogens is 289 g/mol. The molecule has 0 aromatic carbocycles. The van der Waals surface area contributed by atoms with Gasteiger partial charge in [-0.05, 0) is 6.42 Å². The minimum atomic E-state index is -4.40. The summed E-state index contributed by atoms with van der Waals surface area (Å²) in [6.45, 7) is 1.09. The number of rotatable bonds is 4. The highest BCUT2D eigenvalue weighted by molar-refractivity contribution is 5.90. The average molecular weight is 308 g/mol. The molecule has 2 rings (SSSR count). The molecule has 0 aromatic rings. The van der Waals surface area contributed by atoms with Crippen LogP contribution in [-0.4, -0.2) is 67.7 Å². The van der Waals surface area contributed by atoms with Gasteiger partial charge in [-0.15, -0.1) is 0 Å². The lowest BCUT2D eigenvalue weighted by molar-refractivity contribution is -0.184. The maximum absolute atomic E-state index is 13.1. The third-order valence-electron chi connectivity index (χ3n) is 3.75. The van der Waals surface area contributed by atoms with Crippen LogP contribution in [0.5, 0.6) is 0 Å². The van der Waals surface area contributed by atoms with Crippen molar-refractivity contribution in [2.75, 3.05) is 32.7 Å². The normalized spacial score (nSPS) is 25.5. The Morgan fingerprint density at radius 1 is 1.38 bits per heavy atom. The second kappa shape index (κ2) is 6.61. The summed E-state index contributed by atoms with van der Waals surface area (Å²) in [4.78, 5) is 24.1. The second-order valence-electron chi connectivity index (χ2n) is 5.25. The molecule has 21 heavy (non-hydrogen) atoms. The van der Waals surface area contributed by atoms with E-state index in [0.717, 1.165) is 0 Å². The Balaban J connectivity index is 1.89. The van der Waals surface area contributed by atoms with Gasteiger partial charge in [0.25, 0.3) is 0 Å². The van der Waals surface area contributed by atoms with Gasteiger partial charge in [-0.2, -0.15) is 13.2 Å². The predicted molar refractivity (Wildman–Crippen MR) is 68.5 cm³/mol. The zero-order valence-electron chi connectivity index (χ0n) is 11.5. The van der Waals surface area contributed by atoms with Gasteiger partial charge in [-0.1, -0.05) is 0 Å². The Morgan fingerprint density at radius 2 is 2.05 bits per heavy atom. The van der Waals surface area contributed by atoms with Gasteiger partial charge in [-0.25, -0.2) is 0 Å². The number of carbonyl (C=O) groups excluding carboxylic acids is 2. The van der Waals surface area contributed by atoms with Crippen molar-refractivity contribution in [3.8, 4) is 0 Å². The number of amides is 2. The van der Waals surface area contributed by atoms with E-state index in [1.54, 1.807) is 0 Å². The fraction of sp³-hybridized carbons (Fsp3) is 0.833. The molecule has 0 spiro atoms. The largest absolute Gasteiger partial charge is 0.405 e. The number of alkyl halides is 3. The zero-order valence-corrected chi connectivity index (χ0v) is 11.5. The first-order valence-corrected chi connectivity index (χ1v) is 6.96. The highest BCUT2D eigenvalue weighted by Gasteiger charge is 2.44. The van der Waals surface area contributed by atoms with Crippen molar-refractivity contribution >= 4 is 11.8 Å². The van der Waals surface area contributed by atoms with Gasteiger partial charge in [0.1, 0.15) is 12.1 Å². The van der Waals surface area contributed by atoms with Crippen molar-refractivity contribution in [3.05, 3.63) is 0 Å². The molecule has 2 aliphatic rings. The minimum Gasteiger partial charge on any atom is -0.352 e.